The molecule has 132 valence electrons. The van der Waals surface area contributed by atoms with Crippen molar-refractivity contribution in [3.8, 4) is 5.75 Å². The maximum Gasteiger partial charge on any atom is 0.341 e. The van der Waals surface area contributed by atoms with Crippen LogP contribution in [0.25, 0.3) is 0 Å². The Labute approximate surface area is 148 Å². The molecule has 0 fully saturated rings. The largest absolute Gasteiger partial charge is 0.503 e. The molecule has 0 aromatic carbocycles. The highest BCUT2D eigenvalue weighted by Gasteiger charge is 2.25. The third-order valence-corrected chi connectivity index (χ3v) is 4.68. The molecule has 2 aromatic rings. The lowest BCUT2D eigenvalue weighted by molar-refractivity contribution is -0.684. The summed E-state index contributed by atoms with van der Waals surface area (Å²) in [6.45, 7) is 4.88. The van der Waals surface area contributed by atoms with Crippen LogP contribution in [0.2, 0.25) is 0 Å². The molecule has 0 atom stereocenters. The van der Waals surface area contributed by atoms with Gasteiger partial charge in [0.15, 0.2) is 17.7 Å². The van der Waals surface area contributed by atoms with Gasteiger partial charge in [0.05, 0.1) is 17.0 Å². The van der Waals surface area contributed by atoms with Crippen molar-refractivity contribution in [3.63, 3.8) is 0 Å². The Morgan fingerprint density at radius 1 is 1.36 bits per heavy atom. The number of nitrogens with zero attached hydrogens (tertiary/aromatic N) is 1. The van der Waals surface area contributed by atoms with E-state index >= 15 is 0 Å². The number of esters is 1. The van der Waals surface area contributed by atoms with E-state index in [1.54, 1.807) is 26.1 Å². The molecular weight excluding hydrogens is 344 g/mol. The number of carbonyl (C=O) groups excluding carboxylic acids is 3. The molecule has 0 aliphatic rings. The number of ether oxygens (including phenoxy) is 1. The molecule has 0 aliphatic carbocycles. The predicted molar refractivity (Wildman–Crippen MR) is 91.9 cm³/mol. The van der Waals surface area contributed by atoms with Gasteiger partial charge in [-0.3, -0.25) is 9.59 Å². The summed E-state index contributed by atoms with van der Waals surface area (Å²) in [5, 5.41) is 12.4. The number of Topliss-reactive ketones (excluding diaryl/α,β-unsaturated/α-hetero) is 1. The fourth-order valence-electron chi connectivity index (χ4n) is 2.32. The van der Waals surface area contributed by atoms with E-state index in [0.29, 0.717) is 10.4 Å². The van der Waals surface area contributed by atoms with E-state index < -0.39 is 11.9 Å². The van der Waals surface area contributed by atoms with Crippen LogP contribution in [0.4, 0.5) is 5.00 Å². The van der Waals surface area contributed by atoms with Gasteiger partial charge in [0.2, 0.25) is 12.7 Å². The van der Waals surface area contributed by atoms with Crippen molar-refractivity contribution in [2.45, 2.75) is 27.3 Å². The zero-order valence-corrected chi connectivity index (χ0v) is 15.0. The Kier molecular flexibility index (Phi) is 5.87. The van der Waals surface area contributed by atoms with Crippen molar-refractivity contribution in [1.82, 2.24) is 0 Å². The number of hydrogen-bond donors (Lipinski definition) is 2. The molecule has 0 unspecified atom stereocenters. The lowest BCUT2D eigenvalue weighted by atomic mass is 10.1. The van der Waals surface area contributed by atoms with E-state index in [9.17, 15) is 19.5 Å². The number of amides is 1. The maximum absolute atomic E-state index is 12.3. The molecule has 0 bridgehead atoms. The SMILES string of the molecule is CCOC(=O)c1c(NC(=O)C[n+]2cccc(O)c2)sc(C(C)=O)c1C. The van der Waals surface area contributed by atoms with Crippen molar-refractivity contribution in [3.05, 3.63) is 40.5 Å². The molecule has 0 saturated carbocycles. The van der Waals surface area contributed by atoms with Gasteiger partial charge in [-0.1, -0.05) is 0 Å². The zero-order chi connectivity index (χ0) is 18.6. The number of thiophene rings is 1. The molecular formula is C17H19N2O5S+. The van der Waals surface area contributed by atoms with E-state index in [1.165, 1.54) is 23.8 Å². The second kappa shape index (κ2) is 7.89. The molecule has 0 radical (unpaired) electrons. The normalized spacial score (nSPS) is 10.4. The first kappa shape index (κ1) is 18.6. The number of rotatable bonds is 6. The van der Waals surface area contributed by atoms with Gasteiger partial charge in [0.25, 0.3) is 5.91 Å². The fraction of sp³-hybridized carbons (Fsp3) is 0.294. The molecule has 2 N–H and O–H groups in total. The van der Waals surface area contributed by atoms with Gasteiger partial charge in [0.1, 0.15) is 5.00 Å². The molecule has 1 amide bonds. The minimum absolute atomic E-state index is 0.0355. The van der Waals surface area contributed by atoms with E-state index in [0.717, 1.165) is 11.3 Å². The minimum Gasteiger partial charge on any atom is -0.503 e. The number of anilines is 1. The number of aromatic nitrogens is 1. The van der Waals surface area contributed by atoms with E-state index in [2.05, 4.69) is 5.32 Å². The number of nitrogens with one attached hydrogen (secondary N) is 1. The van der Waals surface area contributed by atoms with E-state index in [4.69, 9.17) is 4.74 Å². The third kappa shape index (κ3) is 4.42. The van der Waals surface area contributed by atoms with Gasteiger partial charge in [-0.2, -0.15) is 4.57 Å². The Morgan fingerprint density at radius 3 is 2.68 bits per heavy atom. The molecule has 25 heavy (non-hydrogen) atoms. The summed E-state index contributed by atoms with van der Waals surface area (Å²) >= 11 is 1.05. The quantitative estimate of drug-likeness (QED) is 0.465. The van der Waals surface area contributed by atoms with Crippen LogP contribution in [0.5, 0.6) is 5.75 Å². The average Bonchev–Trinajstić information content (AvgIpc) is 2.84. The highest BCUT2D eigenvalue weighted by atomic mass is 32.1. The van der Waals surface area contributed by atoms with Crippen LogP contribution < -0.4 is 9.88 Å². The molecule has 2 heterocycles. The van der Waals surface area contributed by atoms with Crippen LogP contribution in [-0.4, -0.2) is 29.4 Å². The van der Waals surface area contributed by atoms with Crippen LogP contribution in [0.3, 0.4) is 0 Å². The third-order valence-electron chi connectivity index (χ3n) is 3.37. The summed E-state index contributed by atoms with van der Waals surface area (Å²) in [4.78, 5) is 36.6. The molecule has 7 nitrogen and oxygen atoms in total. The smallest absolute Gasteiger partial charge is 0.341 e. The standard InChI is InChI=1S/C17H18N2O5S/c1-4-24-17(23)14-10(2)15(11(3)20)25-16(14)18-13(22)9-19-7-5-6-12(21)8-19/h5-8H,4,9H2,1-3H3,(H-,18,20,21,22,23)/p+1. The van der Waals surface area contributed by atoms with E-state index in [1.807, 2.05) is 0 Å². The number of ketones is 1. The summed E-state index contributed by atoms with van der Waals surface area (Å²) in [6, 6.07) is 3.10. The van der Waals surface area contributed by atoms with Crippen molar-refractivity contribution in [2.75, 3.05) is 11.9 Å². The van der Waals surface area contributed by atoms with Gasteiger partial charge < -0.3 is 15.2 Å². The lowest BCUT2D eigenvalue weighted by Gasteiger charge is -2.06. The monoisotopic (exact) mass is 363 g/mol. The number of aromatic hydroxyl groups is 1. The van der Waals surface area contributed by atoms with Gasteiger partial charge in [-0.15, -0.1) is 11.3 Å². The molecule has 0 saturated heterocycles. The second-order valence-corrected chi connectivity index (χ2v) is 6.34. The predicted octanol–water partition coefficient (Wildman–Crippen LogP) is 2.07. The second-order valence-electron chi connectivity index (χ2n) is 5.32. The first-order valence-corrected chi connectivity index (χ1v) is 8.44. The van der Waals surface area contributed by atoms with Gasteiger partial charge >= 0.3 is 5.97 Å². The highest BCUT2D eigenvalue weighted by Crippen LogP contribution is 2.34. The molecule has 0 aliphatic heterocycles. The number of pyridine rings is 1. The van der Waals surface area contributed by atoms with Crippen molar-refractivity contribution in [1.29, 1.82) is 0 Å². The van der Waals surface area contributed by atoms with Crippen LogP contribution in [0, 0.1) is 6.92 Å². The Morgan fingerprint density at radius 2 is 2.08 bits per heavy atom. The lowest BCUT2D eigenvalue weighted by Crippen LogP contribution is -2.39. The Hall–Kier alpha value is -2.74. The average molecular weight is 363 g/mol. The summed E-state index contributed by atoms with van der Waals surface area (Å²) in [5.41, 5.74) is 0.697. The topological polar surface area (TPSA) is 96.6 Å². The summed E-state index contributed by atoms with van der Waals surface area (Å²) in [5.74, 6) is -1.12. The molecule has 8 heteroatoms. The summed E-state index contributed by atoms with van der Waals surface area (Å²) < 4.78 is 6.53. The fourth-order valence-corrected chi connectivity index (χ4v) is 3.43. The van der Waals surface area contributed by atoms with Crippen LogP contribution in [-0.2, 0) is 16.1 Å². The number of carbonyl (C=O) groups is 3. The molecule has 0 spiro atoms. The van der Waals surface area contributed by atoms with Crippen LogP contribution >= 0.6 is 11.3 Å². The first-order chi connectivity index (χ1) is 11.8. The van der Waals surface area contributed by atoms with Gasteiger partial charge in [-0.25, -0.2) is 4.79 Å². The van der Waals surface area contributed by atoms with Crippen molar-refractivity contribution in [2.24, 2.45) is 0 Å². The Bertz CT molecular complexity index is 828. The molecule has 2 aromatic heterocycles. The maximum atomic E-state index is 12.3. The Balaban J connectivity index is 2.28. The van der Waals surface area contributed by atoms with E-state index in [-0.39, 0.29) is 35.2 Å². The van der Waals surface area contributed by atoms with Gasteiger partial charge in [0, 0.05) is 6.07 Å². The highest BCUT2D eigenvalue weighted by molar-refractivity contribution is 7.18. The van der Waals surface area contributed by atoms with Crippen LogP contribution in [0.15, 0.2) is 24.5 Å². The van der Waals surface area contributed by atoms with Crippen molar-refractivity contribution >= 4 is 34.0 Å². The van der Waals surface area contributed by atoms with Crippen LogP contribution in [0.1, 0.15) is 39.4 Å². The van der Waals surface area contributed by atoms with Crippen molar-refractivity contribution < 1.29 is 28.8 Å². The summed E-state index contributed by atoms with van der Waals surface area (Å²) in [7, 11) is 0. The minimum atomic E-state index is -0.580. The zero-order valence-electron chi connectivity index (χ0n) is 14.2. The summed E-state index contributed by atoms with van der Waals surface area (Å²) in [6.07, 6.45) is 3.04. The number of hydrogen-bond acceptors (Lipinski definition) is 6. The van der Waals surface area contributed by atoms with Gasteiger partial charge in [-0.05, 0) is 32.4 Å². The first-order valence-electron chi connectivity index (χ1n) is 7.62. The molecule has 2 rings (SSSR count).